The van der Waals surface area contributed by atoms with Crippen LogP contribution in [0.15, 0.2) is 78.8 Å². The van der Waals surface area contributed by atoms with Crippen molar-refractivity contribution < 1.29 is 14.7 Å². The molecule has 0 aliphatic carbocycles. The normalized spacial score (nSPS) is 18.2. The van der Waals surface area contributed by atoms with Crippen molar-refractivity contribution in [2.45, 2.75) is 12.6 Å². The summed E-state index contributed by atoms with van der Waals surface area (Å²) >= 11 is 5.92. The van der Waals surface area contributed by atoms with Crippen LogP contribution in [-0.4, -0.2) is 31.7 Å². The van der Waals surface area contributed by atoms with E-state index in [4.69, 9.17) is 11.6 Å². The number of aliphatic hydroxyl groups excluding tert-OH is 1. The molecule has 29 heavy (non-hydrogen) atoms. The molecule has 1 amide bonds. The molecule has 1 N–H and O–H groups in total. The summed E-state index contributed by atoms with van der Waals surface area (Å²) in [6.07, 6.45) is 4.81. The molecule has 1 aromatic carbocycles. The van der Waals surface area contributed by atoms with Gasteiger partial charge in [-0.15, -0.1) is 0 Å². The van der Waals surface area contributed by atoms with E-state index < -0.39 is 17.7 Å². The van der Waals surface area contributed by atoms with Gasteiger partial charge < -0.3 is 10.0 Å². The van der Waals surface area contributed by atoms with Gasteiger partial charge in [-0.25, -0.2) is 0 Å². The fourth-order valence-corrected chi connectivity index (χ4v) is 3.48. The predicted molar refractivity (Wildman–Crippen MR) is 108 cm³/mol. The summed E-state index contributed by atoms with van der Waals surface area (Å²) in [6.45, 7) is 0.127. The molecule has 7 heteroatoms. The second-order valence-corrected chi connectivity index (χ2v) is 6.98. The van der Waals surface area contributed by atoms with Crippen molar-refractivity contribution in [3.63, 3.8) is 0 Å². The number of likely N-dealkylation sites (tertiary alicyclic amines) is 1. The summed E-state index contributed by atoms with van der Waals surface area (Å²) in [7, 11) is 0. The molecule has 1 fully saturated rings. The summed E-state index contributed by atoms with van der Waals surface area (Å²) in [5.74, 6) is -1.69. The number of aliphatic hydroxyl groups is 1. The number of nitrogens with zero attached hydrogens (tertiary/aromatic N) is 3. The average molecular weight is 406 g/mol. The molecule has 0 bridgehead atoms. The number of amides is 1. The highest BCUT2D eigenvalue weighted by Crippen LogP contribution is 2.39. The van der Waals surface area contributed by atoms with Crippen molar-refractivity contribution in [2.24, 2.45) is 0 Å². The molecule has 0 spiro atoms. The van der Waals surface area contributed by atoms with E-state index in [-0.39, 0.29) is 17.9 Å². The predicted octanol–water partition coefficient (Wildman–Crippen LogP) is 3.75. The smallest absolute Gasteiger partial charge is 0.296 e. The third kappa shape index (κ3) is 3.62. The van der Waals surface area contributed by atoms with Crippen LogP contribution in [0.3, 0.4) is 0 Å². The van der Waals surface area contributed by atoms with Crippen LogP contribution in [-0.2, 0) is 16.1 Å². The Morgan fingerprint density at radius 1 is 1.03 bits per heavy atom. The van der Waals surface area contributed by atoms with Gasteiger partial charge in [0.25, 0.3) is 11.7 Å². The maximum atomic E-state index is 12.9. The molecule has 1 saturated heterocycles. The number of aromatic nitrogens is 2. The lowest BCUT2D eigenvalue weighted by molar-refractivity contribution is -0.140. The first-order valence-corrected chi connectivity index (χ1v) is 9.28. The minimum atomic E-state index is -0.776. The number of ketones is 1. The van der Waals surface area contributed by atoms with E-state index in [1.807, 2.05) is 6.07 Å². The fraction of sp³-hybridized carbons (Fsp3) is 0.0909. The minimum Gasteiger partial charge on any atom is -0.507 e. The zero-order chi connectivity index (χ0) is 20.4. The molecule has 1 atom stereocenters. The Labute approximate surface area is 172 Å². The van der Waals surface area contributed by atoms with E-state index >= 15 is 0 Å². The minimum absolute atomic E-state index is 0.0150. The number of rotatable bonds is 4. The lowest BCUT2D eigenvalue weighted by Crippen LogP contribution is -2.29. The largest absolute Gasteiger partial charge is 0.507 e. The topological polar surface area (TPSA) is 83.4 Å². The van der Waals surface area contributed by atoms with Gasteiger partial charge in [0.2, 0.25) is 0 Å². The number of carbonyl (C=O) groups excluding carboxylic acids is 2. The molecule has 1 unspecified atom stereocenters. The van der Waals surface area contributed by atoms with Gasteiger partial charge in [-0.2, -0.15) is 0 Å². The van der Waals surface area contributed by atoms with Crippen LogP contribution >= 0.6 is 11.6 Å². The van der Waals surface area contributed by atoms with E-state index in [1.165, 1.54) is 4.90 Å². The molecule has 3 heterocycles. The zero-order valence-corrected chi connectivity index (χ0v) is 16.0. The molecule has 6 nitrogen and oxygen atoms in total. The molecule has 1 aliphatic heterocycles. The van der Waals surface area contributed by atoms with Gasteiger partial charge >= 0.3 is 0 Å². The maximum absolute atomic E-state index is 12.9. The van der Waals surface area contributed by atoms with Gasteiger partial charge in [-0.1, -0.05) is 23.7 Å². The quantitative estimate of drug-likeness (QED) is 0.406. The van der Waals surface area contributed by atoms with Crippen molar-refractivity contribution >= 4 is 29.1 Å². The van der Waals surface area contributed by atoms with Gasteiger partial charge in [-0.05, 0) is 48.0 Å². The van der Waals surface area contributed by atoms with Crippen molar-refractivity contribution in [1.29, 1.82) is 0 Å². The zero-order valence-electron chi connectivity index (χ0n) is 15.2. The first kappa shape index (κ1) is 18.8. The average Bonchev–Trinajstić information content (AvgIpc) is 3.00. The van der Waals surface area contributed by atoms with E-state index in [1.54, 1.807) is 67.1 Å². The number of carbonyl (C=O) groups is 2. The molecule has 2 aromatic heterocycles. The van der Waals surface area contributed by atoms with Crippen LogP contribution in [0.2, 0.25) is 5.02 Å². The standard InChI is InChI=1S/C22H16ClN3O3/c23-16-8-6-14(7-9-16)20(27)18-19(15-4-3-10-24-12-15)26(22(29)21(18)28)13-17-5-1-2-11-25-17/h1-12,19,27H,13H2/b20-18+. The second kappa shape index (κ2) is 7.85. The molecular formula is C22H16ClN3O3. The van der Waals surface area contributed by atoms with Crippen molar-refractivity contribution in [3.8, 4) is 0 Å². The Morgan fingerprint density at radius 3 is 2.48 bits per heavy atom. The summed E-state index contributed by atoms with van der Waals surface area (Å²) in [6, 6.07) is 14.5. The van der Waals surface area contributed by atoms with Crippen LogP contribution in [0.4, 0.5) is 0 Å². The van der Waals surface area contributed by atoms with E-state index in [0.29, 0.717) is 21.8 Å². The van der Waals surface area contributed by atoms with Crippen LogP contribution in [0.5, 0.6) is 0 Å². The van der Waals surface area contributed by atoms with Gasteiger partial charge in [0.15, 0.2) is 0 Å². The van der Waals surface area contributed by atoms with Crippen molar-refractivity contribution in [3.05, 3.63) is 101 Å². The van der Waals surface area contributed by atoms with E-state index in [9.17, 15) is 14.7 Å². The highest BCUT2D eigenvalue weighted by molar-refractivity contribution is 6.46. The fourth-order valence-electron chi connectivity index (χ4n) is 3.36. The molecular weight excluding hydrogens is 390 g/mol. The van der Waals surface area contributed by atoms with E-state index in [0.717, 1.165) is 0 Å². The highest BCUT2D eigenvalue weighted by Gasteiger charge is 2.46. The summed E-state index contributed by atoms with van der Waals surface area (Å²) in [5, 5.41) is 11.4. The molecule has 3 aromatic rings. The Bertz CT molecular complexity index is 1080. The third-order valence-electron chi connectivity index (χ3n) is 4.72. The maximum Gasteiger partial charge on any atom is 0.296 e. The van der Waals surface area contributed by atoms with Crippen LogP contribution in [0.25, 0.3) is 5.76 Å². The monoisotopic (exact) mass is 405 g/mol. The number of hydrogen-bond donors (Lipinski definition) is 1. The Hall–Kier alpha value is -3.51. The van der Waals surface area contributed by atoms with Crippen LogP contribution in [0, 0.1) is 0 Å². The van der Waals surface area contributed by atoms with Gasteiger partial charge in [0.1, 0.15) is 5.76 Å². The Kier molecular flexibility index (Phi) is 5.10. The molecule has 144 valence electrons. The molecule has 4 rings (SSSR count). The number of pyridine rings is 2. The highest BCUT2D eigenvalue weighted by atomic mass is 35.5. The molecule has 1 aliphatic rings. The van der Waals surface area contributed by atoms with Crippen molar-refractivity contribution in [1.82, 2.24) is 14.9 Å². The number of Topliss-reactive ketones (excluding diaryl/α,β-unsaturated/α-hetero) is 1. The Morgan fingerprint density at radius 2 is 1.83 bits per heavy atom. The number of benzene rings is 1. The summed E-state index contributed by atoms with van der Waals surface area (Å²) < 4.78 is 0. The van der Waals surface area contributed by atoms with Crippen LogP contribution < -0.4 is 0 Å². The van der Waals surface area contributed by atoms with Gasteiger partial charge in [0.05, 0.1) is 23.9 Å². The van der Waals surface area contributed by atoms with Gasteiger partial charge in [0, 0.05) is 29.2 Å². The molecule has 0 saturated carbocycles. The van der Waals surface area contributed by atoms with E-state index in [2.05, 4.69) is 9.97 Å². The third-order valence-corrected chi connectivity index (χ3v) is 4.97. The molecule has 0 radical (unpaired) electrons. The Balaban J connectivity index is 1.85. The second-order valence-electron chi connectivity index (χ2n) is 6.54. The number of hydrogen-bond acceptors (Lipinski definition) is 5. The lowest BCUT2D eigenvalue weighted by atomic mass is 9.96. The SMILES string of the molecule is O=C1C(=O)N(Cc2ccccn2)C(c2cccnc2)/C1=C(\O)c1ccc(Cl)cc1. The first-order chi connectivity index (χ1) is 14.1. The van der Waals surface area contributed by atoms with Gasteiger partial charge in [-0.3, -0.25) is 19.6 Å². The summed E-state index contributed by atoms with van der Waals surface area (Å²) in [4.78, 5) is 35.5. The summed E-state index contributed by atoms with van der Waals surface area (Å²) in [5.41, 5.74) is 1.67. The van der Waals surface area contributed by atoms with Crippen molar-refractivity contribution in [2.75, 3.05) is 0 Å². The number of halogens is 1. The first-order valence-electron chi connectivity index (χ1n) is 8.90. The lowest BCUT2D eigenvalue weighted by Gasteiger charge is -2.24. The van der Waals surface area contributed by atoms with Crippen LogP contribution in [0.1, 0.15) is 22.9 Å².